The van der Waals surface area contributed by atoms with Crippen LogP contribution in [-0.4, -0.2) is 29.3 Å². The molecule has 39 heavy (non-hydrogen) atoms. The second kappa shape index (κ2) is 14.5. The molecule has 1 N–H and O–H groups in total. The Morgan fingerprint density at radius 2 is 1.28 bits per heavy atom. The van der Waals surface area contributed by atoms with Gasteiger partial charge in [0.1, 0.15) is 6.04 Å². The Hall–Kier alpha value is -3.70. The van der Waals surface area contributed by atoms with Crippen molar-refractivity contribution >= 4 is 27.7 Å². The molecule has 0 aliphatic heterocycles. The lowest BCUT2D eigenvalue weighted by Crippen LogP contribution is -2.50. The Morgan fingerprint density at radius 3 is 1.82 bits per heavy atom. The monoisotopic (exact) mass is 582 g/mol. The van der Waals surface area contributed by atoms with Gasteiger partial charge in [-0.3, -0.25) is 9.59 Å². The average Bonchev–Trinajstić information content (AvgIpc) is 2.98. The fourth-order valence-corrected chi connectivity index (χ4v) is 5.06. The summed E-state index contributed by atoms with van der Waals surface area (Å²) in [7, 11) is 0. The van der Waals surface area contributed by atoms with Gasteiger partial charge >= 0.3 is 0 Å². The Morgan fingerprint density at radius 1 is 0.744 bits per heavy atom. The number of nitrogens with one attached hydrogen (secondary N) is 1. The van der Waals surface area contributed by atoms with Crippen LogP contribution in [0, 0.1) is 0 Å². The van der Waals surface area contributed by atoms with Crippen molar-refractivity contribution in [3.8, 4) is 0 Å². The fourth-order valence-electron chi connectivity index (χ4n) is 4.80. The summed E-state index contributed by atoms with van der Waals surface area (Å²) in [6.07, 6.45) is 1.53. The van der Waals surface area contributed by atoms with Crippen LogP contribution in [0.5, 0.6) is 0 Å². The van der Waals surface area contributed by atoms with E-state index in [9.17, 15) is 9.59 Å². The minimum Gasteiger partial charge on any atom is -0.354 e. The van der Waals surface area contributed by atoms with Gasteiger partial charge in [-0.15, -0.1) is 0 Å². The molecular formula is C34H35BrN2O2. The number of rotatable bonds is 12. The van der Waals surface area contributed by atoms with E-state index in [1.807, 2.05) is 97.9 Å². The van der Waals surface area contributed by atoms with Crippen molar-refractivity contribution in [2.45, 2.75) is 44.7 Å². The topological polar surface area (TPSA) is 49.4 Å². The smallest absolute Gasteiger partial charge is 0.243 e. The number of hydrogen-bond acceptors (Lipinski definition) is 2. The lowest BCUT2D eigenvalue weighted by atomic mass is 9.87. The number of benzene rings is 4. The van der Waals surface area contributed by atoms with E-state index in [0.29, 0.717) is 19.5 Å². The first-order chi connectivity index (χ1) is 19.0. The highest BCUT2D eigenvalue weighted by Gasteiger charge is 2.32. The molecule has 0 bridgehead atoms. The quantitative estimate of drug-likeness (QED) is 0.193. The molecule has 0 heterocycles. The first-order valence-electron chi connectivity index (χ1n) is 13.5. The molecule has 0 fully saturated rings. The summed E-state index contributed by atoms with van der Waals surface area (Å²) in [6, 6.07) is 37.5. The molecule has 5 heteroatoms. The number of nitrogens with zero attached hydrogens (tertiary/aromatic N) is 1. The van der Waals surface area contributed by atoms with E-state index < -0.39 is 6.04 Å². The van der Waals surface area contributed by atoms with Crippen molar-refractivity contribution in [2.75, 3.05) is 6.54 Å². The highest BCUT2D eigenvalue weighted by Crippen LogP contribution is 2.30. The van der Waals surface area contributed by atoms with Crippen LogP contribution in [0.4, 0.5) is 0 Å². The molecule has 4 aromatic rings. The van der Waals surface area contributed by atoms with Crippen LogP contribution in [0.3, 0.4) is 0 Å². The molecule has 0 radical (unpaired) electrons. The maximum absolute atomic E-state index is 14.3. The van der Waals surface area contributed by atoms with Crippen LogP contribution in [0.1, 0.15) is 47.9 Å². The standard InChI is InChI=1S/C34H35BrN2O2/c1-2-22-36-34(39)32(23-26-12-6-3-7-13-26)37(25-27-18-20-30(35)21-19-27)33(38)24-31(28-14-8-4-9-15-28)29-16-10-5-11-17-29/h3-21,31-32H,2,22-25H2,1H3,(H,36,39)/t32-/m1/s1. The van der Waals surface area contributed by atoms with Gasteiger partial charge in [0.2, 0.25) is 11.8 Å². The molecule has 0 saturated heterocycles. The first-order valence-corrected chi connectivity index (χ1v) is 14.3. The number of carbonyl (C=O) groups is 2. The molecule has 4 nitrogen and oxygen atoms in total. The van der Waals surface area contributed by atoms with Crippen molar-refractivity contribution in [1.82, 2.24) is 10.2 Å². The largest absolute Gasteiger partial charge is 0.354 e. The van der Waals surface area contributed by atoms with Crippen LogP contribution in [0.15, 0.2) is 120 Å². The molecule has 0 aromatic heterocycles. The van der Waals surface area contributed by atoms with Gasteiger partial charge < -0.3 is 10.2 Å². The predicted octanol–water partition coefficient (Wildman–Crippen LogP) is 7.14. The minimum absolute atomic E-state index is 0.0526. The number of hydrogen-bond donors (Lipinski definition) is 1. The van der Waals surface area contributed by atoms with E-state index in [1.54, 1.807) is 4.90 Å². The van der Waals surface area contributed by atoms with E-state index in [4.69, 9.17) is 0 Å². The normalized spacial score (nSPS) is 11.7. The van der Waals surface area contributed by atoms with E-state index >= 15 is 0 Å². The zero-order valence-electron chi connectivity index (χ0n) is 22.3. The van der Waals surface area contributed by atoms with Crippen molar-refractivity contribution in [3.05, 3.63) is 142 Å². The van der Waals surface area contributed by atoms with Crippen molar-refractivity contribution < 1.29 is 9.59 Å². The zero-order chi connectivity index (χ0) is 27.5. The van der Waals surface area contributed by atoms with Gasteiger partial charge in [0, 0.05) is 36.3 Å². The maximum atomic E-state index is 14.3. The Balaban J connectivity index is 1.71. The maximum Gasteiger partial charge on any atom is 0.243 e. The first kappa shape index (κ1) is 28.3. The SMILES string of the molecule is CCCNC(=O)[C@@H](Cc1ccccc1)N(Cc1ccc(Br)cc1)C(=O)CC(c1ccccc1)c1ccccc1. The van der Waals surface area contributed by atoms with Gasteiger partial charge in [0.05, 0.1) is 0 Å². The molecule has 0 aliphatic carbocycles. The lowest BCUT2D eigenvalue weighted by Gasteiger charge is -2.33. The van der Waals surface area contributed by atoms with Crippen LogP contribution in [-0.2, 0) is 22.6 Å². The molecule has 2 amide bonds. The lowest BCUT2D eigenvalue weighted by molar-refractivity contribution is -0.141. The summed E-state index contributed by atoms with van der Waals surface area (Å²) in [5.74, 6) is -0.297. The van der Waals surface area contributed by atoms with E-state index in [2.05, 4.69) is 45.5 Å². The average molecular weight is 584 g/mol. The molecule has 1 atom stereocenters. The summed E-state index contributed by atoms with van der Waals surface area (Å²) in [4.78, 5) is 29.7. The molecular weight excluding hydrogens is 548 g/mol. The van der Waals surface area contributed by atoms with E-state index in [0.717, 1.165) is 33.1 Å². The minimum atomic E-state index is -0.637. The van der Waals surface area contributed by atoms with Crippen LogP contribution >= 0.6 is 15.9 Å². The van der Waals surface area contributed by atoms with Gasteiger partial charge in [-0.2, -0.15) is 0 Å². The second-order valence-corrected chi connectivity index (χ2v) is 10.6. The third kappa shape index (κ3) is 8.14. The van der Waals surface area contributed by atoms with Crippen LogP contribution in [0.25, 0.3) is 0 Å². The molecule has 0 saturated carbocycles. The van der Waals surface area contributed by atoms with E-state index in [1.165, 1.54) is 0 Å². The number of carbonyl (C=O) groups excluding carboxylic acids is 2. The van der Waals surface area contributed by atoms with E-state index in [-0.39, 0.29) is 24.2 Å². The fraction of sp³-hybridized carbons (Fsp3) is 0.235. The summed E-state index contributed by atoms with van der Waals surface area (Å²) in [6.45, 7) is 2.95. The predicted molar refractivity (Wildman–Crippen MR) is 161 cm³/mol. The number of amides is 2. The van der Waals surface area contributed by atoms with Crippen molar-refractivity contribution in [3.63, 3.8) is 0 Å². The summed E-state index contributed by atoms with van der Waals surface area (Å²) < 4.78 is 0.971. The molecule has 0 unspecified atom stereocenters. The van der Waals surface area contributed by atoms with Gasteiger partial charge in [-0.05, 0) is 40.8 Å². The molecule has 0 spiro atoms. The highest BCUT2D eigenvalue weighted by atomic mass is 79.9. The zero-order valence-corrected chi connectivity index (χ0v) is 23.9. The Kier molecular flexibility index (Phi) is 10.5. The Bertz CT molecular complexity index is 1270. The molecule has 4 rings (SSSR count). The second-order valence-electron chi connectivity index (χ2n) is 9.72. The van der Waals surface area contributed by atoms with Crippen molar-refractivity contribution in [2.24, 2.45) is 0 Å². The van der Waals surface area contributed by atoms with Gasteiger partial charge in [0.25, 0.3) is 0 Å². The number of halogens is 1. The van der Waals surface area contributed by atoms with Gasteiger partial charge in [0.15, 0.2) is 0 Å². The summed E-state index contributed by atoms with van der Waals surface area (Å²) >= 11 is 3.51. The van der Waals surface area contributed by atoms with Crippen LogP contribution < -0.4 is 5.32 Å². The van der Waals surface area contributed by atoms with Crippen LogP contribution in [0.2, 0.25) is 0 Å². The van der Waals surface area contributed by atoms with Gasteiger partial charge in [-0.25, -0.2) is 0 Å². The summed E-state index contributed by atoms with van der Waals surface area (Å²) in [5.41, 5.74) is 4.15. The molecule has 0 aliphatic rings. The molecule has 200 valence electrons. The highest BCUT2D eigenvalue weighted by molar-refractivity contribution is 9.10. The Labute approximate surface area is 240 Å². The van der Waals surface area contributed by atoms with Crippen molar-refractivity contribution in [1.29, 1.82) is 0 Å². The summed E-state index contributed by atoms with van der Waals surface area (Å²) in [5, 5.41) is 3.06. The van der Waals surface area contributed by atoms with Gasteiger partial charge in [-0.1, -0.05) is 126 Å². The third-order valence-corrected chi connectivity index (χ3v) is 7.40. The third-order valence-electron chi connectivity index (χ3n) is 6.87. The molecule has 4 aromatic carbocycles.